The molecule has 1 atom stereocenters. The molecule has 1 fully saturated rings. The molecule has 1 unspecified atom stereocenters. The van der Waals surface area contributed by atoms with Gasteiger partial charge in [0.15, 0.2) is 10.7 Å². The second-order valence-electron chi connectivity index (χ2n) is 9.78. The van der Waals surface area contributed by atoms with Gasteiger partial charge in [0.25, 0.3) is 5.56 Å². The Bertz CT molecular complexity index is 1540. The number of carbonyl (C=O) groups excluding carboxylic acids is 1. The number of carbonyl (C=O) groups is 1. The number of nitrogens with zero attached hydrogens (tertiary/aromatic N) is 4. The second-order valence-corrected chi connectivity index (χ2v) is 10.8. The van der Waals surface area contributed by atoms with Gasteiger partial charge in [-0.25, -0.2) is 9.79 Å². The first kappa shape index (κ1) is 26.0. The van der Waals surface area contributed by atoms with Crippen LogP contribution in [0.1, 0.15) is 38.1 Å². The number of methoxy groups -OCH3 is 1. The maximum absolute atomic E-state index is 13.8. The van der Waals surface area contributed by atoms with Gasteiger partial charge in [0.1, 0.15) is 11.5 Å². The first-order valence-corrected chi connectivity index (χ1v) is 13.5. The molecule has 0 radical (unpaired) electrons. The fraction of sp³-hybridized carbons (Fsp3) is 0.393. The molecular weight excluding hydrogens is 504 g/mol. The van der Waals surface area contributed by atoms with E-state index in [1.807, 2.05) is 36.4 Å². The van der Waals surface area contributed by atoms with Gasteiger partial charge >= 0.3 is 5.97 Å². The van der Waals surface area contributed by atoms with Crippen LogP contribution in [0.3, 0.4) is 0 Å². The number of benzene rings is 1. The predicted molar refractivity (Wildman–Crippen MR) is 146 cm³/mol. The highest BCUT2D eigenvalue weighted by Gasteiger charge is 2.34. The molecule has 0 N–H and O–H groups in total. The van der Waals surface area contributed by atoms with Gasteiger partial charge in [-0.2, -0.15) is 0 Å². The number of ether oxygens (including phenoxy) is 2. The van der Waals surface area contributed by atoms with E-state index in [2.05, 4.69) is 21.8 Å². The quantitative estimate of drug-likeness (QED) is 0.448. The van der Waals surface area contributed by atoms with Crippen molar-refractivity contribution in [3.63, 3.8) is 0 Å². The molecule has 3 aromatic rings. The van der Waals surface area contributed by atoms with Crippen molar-refractivity contribution < 1.29 is 18.7 Å². The summed E-state index contributed by atoms with van der Waals surface area (Å²) in [6, 6.07) is 10.5. The fourth-order valence-electron chi connectivity index (χ4n) is 4.71. The molecular formula is C28H32N4O5S. The topological polar surface area (TPSA) is 89.5 Å². The number of aromatic nitrogens is 1. The van der Waals surface area contributed by atoms with Gasteiger partial charge in [0.05, 0.1) is 35.1 Å². The number of likely N-dealkylation sites (N-methyl/N-ethyl adjacent to an activating group) is 1. The molecule has 10 heteroatoms. The first-order chi connectivity index (χ1) is 18.2. The second kappa shape index (κ2) is 10.6. The minimum atomic E-state index is -0.678. The minimum Gasteiger partial charge on any atom is -0.497 e. The molecule has 0 amide bonds. The maximum Gasteiger partial charge on any atom is 0.338 e. The van der Waals surface area contributed by atoms with Crippen LogP contribution in [0.15, 0.2) is 61.9 Å². The van der Waals surface area contributed by atoms with Crippen LogP contribution in [0.2, 0.25) is 0 Å². The van der Waals surface area contributed by atoms with E-state index in [1.54, 1.807) is 38.5 Å². The summed E-state index contributed by atoms with van der Waals surface area (Å²) in [5, 5.41) is 0. The highest BCUT2D eigenvalue weighted by molar-refractivity contribution is 7.07. The van der Waals surface area contributed by atoms with Gasteiger partial charge in [-0.3, -0.25) is 9.36 Å². The lowest BCUT2D eigenvalue weighted by Crippen LogP contribution is -2.44. The number of piperazine rings is 1. The summed E-state index contributed by atoms with van der Waals surface area (Å²) in [6.07, 6.45) is 1.44. The van der Waals surface area contributed by atoms with Gasteiger partial charge in [0.2, 0.25) is 0 Å². The number of fused-ring (bicyclic) bond motifs is 1. The minimum absolute atomic E-state index is 0.241. The largest absolute Gasteiger partial charge is 0.497 e. The molecule has 2 aliphatic rings. The fourth-order valence-corrected chi connectivity index (χ4v) is 5.73. The summed E-state index contributed by atoms with van der Waals surface area (Å²) in [7, 11) is 3.71. The van der Waals surface area contributed by atoms with Crippen LogP contribution >= 0.6 is 11.3 Å². The summed E-state index contributed by atoms with van der Waals surface area (Å²) < 4.78 is 19.0. The van der Waals surface area contributed by atoms with Gasteiger partial charge < -0.3 is 23.7 Å². The van der Waals surface area contributed by atoms with Crippen LogP contribution in [-0.4, -0.2) is 61.9 Å². The number of esters is 1. The smallest absolute Gasteiger partial charge is 0.338 e. The number of anilines is 1. The van der Waals surface area contributed by atoms with E-state index in [-0.39, 0.29) is 11.7 Å². The number of allylic oxidation sites excluding steroid dienone is 1. The molecule has 0 saturated carbocycles. The van der Waals surface area contributed by atoms with Crippen molar-refractivity contribution >= 4 is 29.3 Å². The summed E-state index contributed by atoms with van der Waals surface area (Å²) in [5.41, 5.74) is 1.39. The number of hydrogen-bond donors (Lipinski definition) is 0. The van der Waals surface area contributed by atoms with Crippen molar-refractivity contribution in [2.75, 3.05) is 45.2 Å². The molecule has 0 spiro atoms. The van der Waals surface area contributed by atoms with Gasteiger partial charge in [-0.1, -0.05) is 23.5 Å². The summed E-state index contributed by atoms with van der Waals surface area (Å²) in [6.45, 7) is 9.10. The van der Waals surface area contributed by atoms with Crippen LogP contribution < -0.4 is 24.5 Å². The van der Waals surface area contributed by atoms with Gasteiger partial charge in [-0.15, -0.1) is 0 Å². The maximum atomic E-state index is 13.8. The van der Waals surface area contributed by atoms with Crippen LogP contribution in [0, 0.1) is 0 Å². The molecule has 5 rings (SSSR count). The average Bonchev–Trinajstić information content (AvgIpc) is 3.47. The van der Waals surface area contributed by atoms with E-state index < -0.39 is 12.0 Å². The van der Waals surface area contributed by atoms with Crippen molar-refractivity contribution in [3.8, 4) is 5.75 Å². The molecule has 2 aromatic heterocycles. The van der Waals surface area contributed by atoms with Gasteiger partial charge in [-0.05, 0) is 51.6 Å². The molecule has 2 aliphatic heterocycles. The van der Waals surface area contributed by atoms with Crippen molar-refractivity contribution in [2.45, 2.75) is 32.9 Å². The van der Waals surface area contributed by atoms with E-state index >= 15 is 0 Å². The monoisotopic (exact) mass is 536 g/mol. The van der Waals surface area contributed by atoms with E-state index in [0.29, 0.717) is 32.1 Å². The highest BCUT2D eigenvalue weighted by Crippen LogP contribution is 2.32. The Labute approximate surface area is 224 Å². The van der Waals surface area contributed by atoms with E-state index in [9.17, 15) is 9.59 Å². The third-order valence-corrected chi connectivity index (χ3v) is 7.70. The van der Waals surface area contributed by atoms with Crippen molar-refractivity contribution in [3.05, 3.63) is 78.7 Å². The van der Waals surface area contributed by atoms with Crippen LogP contribution in [-0.2, 0) is 9.53 Å². The molecule has 1 saturated heterocycles. The lowest BCUT2D eigenvalue weighted by atomic mass is 9.96. The van der Waals surface area contributed by atoms with E-state index in [1.165, 1.54) is 11.3 Å². The van der Waals surface area contributed by atoms with E-state index in [4.69, 9.17) is 13.9 Å². The summed E-state index contributed by atoms with van der Waals surface area (Å²) in [5.74, 6) is 1.59. The third-order valence-electron chi connectivity index (χ3n) is 6.72. The zero-order valence-electron chi connectivity index (χ0n) is 22.3. The van der Waals surface area contributed by atoms with Crippen molar-refractivity contribution in [2.24, 2.45) is 4.99 Å². The Morgan fingerprint density at radius 1 is 1.13 bits per heavy atom. The Kier molecular flexibility index (Phi) is 7.27. The molecule has 38 heavy (non-hydrogen) atoms. The molecule has 9 nitrogen and oxygen atoms in total. The van der Waals surface area contributed by atoms with Crippen molar-refractivity contribution in [1.29, 1.82) is 0 Å². The number of hydrogen-bond acceptors (Lipinski definition) is 9. The lowest BCUT2D eigenvalue weighted by Gasteiger charge is -2.32. The first-order valence-electron chi connectivity index (χ1n) is 12.7. The Morgan fingerprint density at radius 2 is 1.84 bits per heavy atom. The van der Waals surface area contributed by atoms with Crippen LogP contribution in [0.5, 0.6) is 5.75 Å². The Hall–Kier alpha value is -3.63. The number of rotatable bonds is 6. The van der Waals surface area contributed by atoms with E-state index in [0.717, 1.165) is 37.6 Å². The normalized spacial score (nSPS) is 18.5. The molecule has 0 aliphatic carbocycles. The molecule has 200 valence electrons. The lowest BCUT2D eigenvalue weighted by molar-refractivity contribution is -0.143. The SMILES string of the molecule is COc1ccc(C2C(C(=O)OC(C)C)=C(C)N=c3s/c(=C/c4ccc(N5CCN(C)CC5)o4)c(=O)n32)cc1. The average molecular weight is 537 g/mol. The number of furan rings is 1. The number of thiazole rings is 1. The Balaban J connectivity index is 1.57. The van der Waals surface area contributed by atoms with Crippen LogP contribution in [0.4, 0.5) is 5.88 Å². The zero-order chi connectivity index (χ0) is 27.0. The highest BCUT2D eigenvalue weighted by atomic mass is 32.1. The van der Waals surface area contributed by atoms with Crippen LogP contribution in [0.25, 0.3) is 6.08 Å². The molecule has 1 aromatic carbocycles. The molecule has 0 bridgehead atoms. The summed E-state index contributed by atoms with van der Waals surface area (Å²) in [4.78, 5) is 36.7. The standard InChI is InChI=1S/C28H32N4O5S/c1-17(2)36-27(34)24-18(3)29-28-32(25(24)19-6-8-20(35-5)9-7-19)26(33)22(38-28)16-21-10-11-23(37-21)31-14-12-30(4)13-15-31/h6-11,16-17,25H,12-15H2,1-5H3/b22-16+. The Morgan fingerprint density at radius 3 is 2.50 bits per heavy atom. The third kappa shape index (κ3) is 5.06. The van der Waals surface area contributed by atoms with Crippen molar-refractivity contribution in [1.82, 2.24) is 9.47 Å². The molecule has 4 heterocycles. The summed E-state index contributed by atoms with van der Waals surface area (Å²) >= 11 is 1.28. The zero-order valence-corrected chi connectivity index (χ0v) is 23.1. The predicted octanol–water partition coefficient (Wildman–Crippen LogP) is 2.54. The van der Waals surface area contributed by atoms with Gasteiger partial charge in [0, 0.05) is 38.3 Å².